The van der Waals surface area contributed by atoms with Gasteiger partial charge in [0.15, 0.2) is 0 Å². The van der Waals surface area contributed by atoms with Crippen molar-refractivity contribution in [1.29, 1.82) is 0 Å². The predicted molar refractivity (Wildman–Crippen MR) is 61.1 cm³/mol. The first kappa shape index (κ1) is 10.6. The van der Waals surface area contributed by atoms with Gasteiger partial charge in [-0.3, -0.25) is 9.89 Å². The van der Waals surface area contributed by atoms with Crippen molar-refractivity contribution in [2.24, 2.45) is 11.8 Å². The molecule has 1 aliphatic heterocycles. The first-order valence-corrected chi connectivity index (χ1v) is 5.93. The molecule has 1 aromatic heterocycles. The maximum Gasteiger partial charge on any atom is 0.274 e. The Hall–Kier alpha value is -1.56. The first-order valence-electron chi connectivity index (χ1n) is 5.93. The number of amides is 1. The Morgan fingerprint density at radius 2 is 2.35 bits per heavy atom. The van der Waals surface area contributed by atoms with Crippen LogP contribution >= 0.6 is 0 Å². The number of nitrogens with two attached hydrogens (primary N) is 1. The number of aromatic amines is 1. The Morgan fingerprint density at radius 3 is 3.00 bits per heavy atom. The molecule has 1 saturated heterocycles. The monoisotopic (exact) mass is 236 g/mol. The molecule has 4 N–H and O–H groups in total. The van der Waals surface area contributed by atoms with Crippen molar-refractivity contribution in [3.8, 4) is 0 Å². The maximum absolute atomic E-state index is 12.2. The summed E-state index contributed by atoms with van der Waals surface area (Å²) < 4.78 is 0. The van der Waals surface area contributed by atoms with Crippen LogP contribution in [0, 0.1) is 11.8 Å². The van der Waals surface area contributed by atoms with Gasteiger partial charge in [0.05, 0.1) is 18.0 Å². The van der Waals surface area contributed by atoms with Crippen LogP contribution in [0.3, 0.4) is 0 Å². The lowest BCUT2D eigenvalue weighted by Gasteiger charge is -2.17. The predicted octanol–water partition coefficient (Wildman–Crippen LogP) is -0.165. The summed E-state index contributed by atoms with van der Waals surface area (Å²) in [6.07, 6.45) is 3.06. The van der Waals surface area contributed by atoms with Crippen molar-refractivity contribution in [2.45, 2.75) is 18.9 Å². The van der Waals surface area contributed by atoms with Gasteiger partial charge in [0, 0.05) is 19.0 Å². The number of nitrogen functional groups attached to an aromatic ring is 1. The zero-order valence-electron chi connectivity index (χ0n) is 9.47. The van der Waals surface area contributed by atoms with Crippen molar-refractivity contribution in [2.75, 3.05) is 18.8 Å². The van der Waals surface area contributed by atoms with Gasteiger partial charge in [0.2, 0.25) is 0 Å². The number of rotatable bonds is 1. The molecule has 17 heavy (non-hydrogen) atoms. The van der Waals surface area contributed by atoms with Gasteiger partial charge in [0.25, 0.3) is 5.91 Å². The Bertz CT molecular complexity index is 444. The minimum Gasteiger partial charge on any atom is -0.396 e. The van der Waals surface area contributed by atoms with Crippen LogP contribution in [0.25, 0.3) is 0 Å². The number of nitrogens with zero attached hydrogens (tertiary/aromatic N) is 2. The summed E-state index contributed by atoms with van der Waals surface area (Å²) in [6.45, 7) is 1.35. The van der Waals surface area contributed by atoms with Crippen LogP contribution in [0.15, 0.2) is 6.20 Å². The van der Waals surface area contributed by atoms with Crippen molar-refractivity contribution in [3.63, 3.8) is 0 Å². The molecular weight excluding hydrogens is 220 g/mol. The Kier molecular flexibility index (Phi) is 2.32. The second kappa shape index (κ2) is 3.73. The normalized spacial score (nSPS) is 31.8. The summed E-state index contributed by atoms with van der Waals surface area (Å²) in [7, 11) is 0. The van der Waals surface area contributed by atoms with Gasteiger partial charge in [-0.15, -0.1) is 0 Å². The number of nitrogens with one attached hydrogen (secondary N) is 1. The average molecular weight is 236 g/mol. The number of hydrogen-bond donors (Lipinski definition) is 3. The molecule has 2 aliphatic rings. The Labute approximate surface area is 98.8 Å². The van der Waals surface area contributed by atoms with Crippen LogP contribution in [0.1, 0.15) is 23.3 Å². The maximum atomic E-state index is 12.2. The minimum atomic E-state index is -0.253. The van der Waals surface area contributed by atoms with Gasteiger partial charge >= 0.3 is 0 Å². The molecule has 3 unspecified atom stereocenters. The van der Waals surface area contributed by atoms with Gasteiger partial charge in [-0.05, 0) is 18.8 Å². The summed E-state index contributed by atoms with van der Waals surface area (Å²) in [4.78, 5) is 13.9. The highest BCUT2D eigenvalue weighted by Crippen LogP contribution is 2.38. The molecule has 1 aliphatic carbocycles. The van der Waals surface area contributed by atoms with Gasteiger partial charge in [-0.1, -0.05) is 0 Å². The van der Waals surface area contributed by atoms with E-state index in [2.05, 4.69) is 10.2 Å². The quantitative estimate of drug-likeness (QED) is 0.631. The van der Waals surface area contributed by atoms with E-state index in [0.717, 1.165) is 19.4 Å². The van der Waals surface area contributed by atoms with Crippen LogP contribution in [0.5, 0.6) is 0 Å². The van der Waals surface area contributed by atoms with Gasteiger partial charge < -0.3 is 15.7 Å². The molecule has 0 spiro atoms. The van der Waals surface area contributed by atoms with E-state index < -0.39 is 0 Å². The number of carbonyl (C=O) groups is 1. The number of aliphatic hydroxyl groups excluding tert-OH is 1. The van der Waals surface area contributed by atoms with Gasteiger partial charge in [-0.2, -0.15) is 5.10 Å². The van der Waals surface area contributed by atoms with E-state index in [9.17, 15) is 9.90 Å². The third-order valence-corrected chi connectivity index (χ3v) is 3.99. The number of fused-ring (bicyclic) bond motifs is 1. The Balaban J connectivity index is 1.75. The summed E-state index contributed by atoms with van der Waals surface area (Å²) in [6, 6.07) is 0. The molecule has 1 aromatic rings. The number of carbonyl (C=O) groups excluding carboxylic acids is 1. The minimum absolute atomic E-state index is 0.110. The third-order valence-electron chi connectivity index (χ3n) is 3.99. The highest BCUT2D eigenvalue weighted by Gasteiger charge is 2.43. The molecule has 92 valence electrons. The lowest BCUT2D eigenvalue weighted by atomic mass is 10.00. The lowest BCUT2D eigenvalue weighted by molar-refractivity contribution is 0.0747. The molecule has 6 heteroatoms. The number of aliphatic hydroxyl groups is 1. The van der Waals surface area contributed by atoms with Crippen molar-refractivity contribution < 1.29 is 9.90 Å². The number of aromatic nitrogens is 2. The van der Waals surface area contributed by atoms with E-state index in [0.29, 0.717) is 23.8 Å². The van der Waals surface area contributed by atoms with Crippen LogP contribution in [0.2, 0.25) is 0 Å². The van der Waals surface area contributed by atoms with Crippen LogP contribution in [-0.4, -0.2) is 45.3 Å². The second-order valence-electron chi connectivity index (χ2n) is 4.98. The molecule has 0 radical (unpaired) electrons. The summed E-state index contributed by atoms with van der Waals surface area (Å²) in [5, 5.41) is 16.2. The average Bonchev–Trinajstić information content (AvgIpc) is 2.96. The summed E-state index contributed by atoms with van der Waals surface area (Å²) in [5.41, 5.74) is 6.40. The fourth-order valence-corrected chi connectivity index (χ4v) is 3.03. The highest BCUT2D eigenvalue weighted by molar-refractivity contribution is 5.97. The zero-order valence-corrected chi connectivity index (χ0v) is 9.47. The van der Waals surface area contributed by atoms with Gasteiger partial charge in [0.1, 0.15) is 5.69 Å². The van der Waals surface area contributed by atoms with Crippen molar-refractivity contribution in [3.05, 3.63) is 11.9 Å². The molecule has 1 saturated carbocycles. The fourth-order valence-electron chi connectivity index (χ4n) is 3.03. The summed E-state index contributed by atoms with van der Waals surface area (Å²) in [5.74, 6) is 0.572. The van der Waals surface area contributed by atoms with E-state index in [1.807, 2.05) is 0 Å². The van der Waals surface area contributed by atoms with E-state index >= 15 is 0 Å². The molecule has 2 heterocycles. The van der Waals surface area contributed by atoms with E-state index in [1.165, 1.54) is 6.20 Å². The molecule has 2 fully saturated rings. The smallest absolute Gasteiger partial charge is 0.274 e. The zero-order chi connectivity index (χ0) is 12.0. The van der Waals surface area contributed by atoms with Gasteiger partial charge in [-0.25, -0.2) is 0 Å². The molecule has 1 amide bonds. The van der Waals surface area contributed by atoms with E-state index in [-0.39, 0.29) is 17.9 Å². The van der Waals surface area contributed by atoms with E-state index in [4.69, 9.17) is 5.73 Å². The van der Waals surface area contributed by atoms with Crippen LogP contribution in [-0.2, 0) is 0 Å². The third kappa shape index (κ3) is 1.59. The molecular formula is C11H16N4O2. The number of anilines is 1. The first-order chi connectivity index (χ1) is 8.16. The molecule has 0 aromatic carbocycles. The molecule has 0 bridgehead atoms. The standard InChI is InChI=1S/C11H16N4O2/c12-8-3-13-14-10(8)11(17)15-4-6-1-2-9(16)7(6)5-15/h3,6-7,9,16H,1-2,4-5,12H2,(H,13,14). The van der Waals surface area contributed by atoms with Crippen LogP contribution < -0.4 is 5.73 Å². The molecule has 6 nitrogen and oxygen atoms in total. The number of H-pyrrole nitrogens is 1. The SMILES string of the molecule is Nc1cn[nH]c1C(=O)N1CC2CCC(O)C2C1. The molecule has 3 rings (SSSR count). The molecule has 3 atom stereocenters. The Morgan fingerprint density at radius 1 is 1.53 bits per heavy atom. The van der Waals surface area contributed by atoms with Crippen LogP contribution in [0.4, 0.5) is 5.69 Å². The topological polar surface area (TPSA) is 95.2 Å². The van der Waals surface area contributed by atoms with Crippen molar-refractivity contribution in [1.82, 2.24) is 15.1 Å². The van der Waals surface area contributed by atoms with Crippen molar-refractivity contribution >= 4 is 11.6 Å². The number of hydrogen-bond acceptors (Lipinski definition) is 4. The largest absolute Gasteiger partial charge is 0.396 e. The fraction of sp³-hybridized carbons (Fsp3) is 0.636. The van der Waals surface area contributed by atoms with E-state index in [1.54, 1.807) is 4.90 Å². The second-order valence-corrected chi connectivity index (χ2v) is 4.98. The lowest BCUT2D eigenvalue weighted by Crippen LogP contribution is -2.31. The highest BCUT2D eigenvalue weighted by atomic mass is 16.3. The summed E-state index contributed by atoms with van der Waals surface area (Å²) >= 11 is 0. The number of likely N-dealkylation sites (tertiary alicyclic amines) is 1.